The van der Waals surface area contributed by atoms with Crippen LogP contribution in [0.5, 0.6) is 5.75 Å². The Balaban J connectivity index is 1.48. The molecule has 1 aliphatic heterocycles. The summed E-state index contributed by atoms with van der Waals surface area (Å²) in [5, 5.41) is 0. The molecule has 28 heavy (non-hydrogen) atoms. The highest BCUT2D eigenvalue weighted by atomic mass is 32.2. The van der Waals surface area contributed by atoms with Gasteiger partial charge in [-0.1, -0.05) is 48.2 Å². The van der Waals surface area contributed by atoms with E-state index in [4.69, 9.17) is 17.0 Å². The van der Waals surface area contributed by atoms with E-state index >= 15 is 0 Å². The van der Waals surface area contributed by atoms with Gasteiger partial charge in [0.25, 0.3) is 5.91 Å². The standard InChI is InChI=1S/C21H17N3O2S2/c1-26-16-8-6-14(7-9-16)10-11-24-20(25)19(28-21(24)27)12-15-13-22-17-4-2-3-5-18(17)23-15/h2-9,12-13H,10-11H2,1H3. The molecule has 0 bridgehead atoms. The number of amides is 1. The lowest BCUT2D eigenvalue weighted by Gasteiger charge is -2.14. The maximum absolute atomic E-state index is 12.8. The zero-order valence-corrected chi connectivity index (χ0v) is 16.8. The van der Waals surface area contributed by atoms with Crippen LogP contribution in [0.25, 0.3) is 17.1 Å². The smallest absolute Gasteiger partial charge is 0.266 e. The molecule has 5 nitrogen and oxygen atoms in total. The minimum atomic E-state index is -0.0847. The number of thioether (sulfide) groups is 1. The van der Waals surface area contributed by atoms with E-state index in [9.17, 15) is 4.79 Å². The van der Waals surface area contributed by atoms with Crippen molar-refractivity contribution in [2.45, 2.75) is 6.42 Å². The number of fused-ring (bicyclic) bond motifs is 1. The van der Waals surface area contributed by atoms with Gasteiger partial charge in [0, 0.05) is 6.54 Å². The van der Waals surface area contributed by atoms with Gasteiger partial charge in [-0.05, 0) is 42.3 Å². The van der Waals surface area contributed by atoms with Crippen molar-refractivity contribution < 1.29 is 9.53 Å². The second kappa shape index (κ2) is 8.08. The summed E-state index contributed by atoms with van der Waals surface area (Å²) in [4.78, 5) is 24.0. The second-order valence-electron chi connectivity index (χ2n) is 6.22. The predicted molar refractivity (Wildman–Crippen MR) is 116 cm³/mol. The molecule has 0 spiro atoms. The molecule has 7 heteroatoms. The number of hydrogen-bond acceptors (Lipinski definition) is 6. The van der Waals surface area contributed by atoms with E-state index in [1.54, 1.807) is 24.3 Å². The number of carbonyl (C=O) groups is 1. The predicted octanol–water partition coefficient (Wildman–Crippen LogP) is 4.08. The molecule has 0 saturated carbocycles. The molecular formula is C21H17N3O2S2. The van der Waals surface area contributed by atoms with E-state index in [0.29, 0.717) is 21.5 Å². The van der Waals surface area contributed by atoms with Crippen molar-refractivity contribution in [3.05, 3.63) is 70.9 Å². The summed E-state index contributed by atoms with van der Waals surface area (Å²) >= 11 is 6.72. The number of methoxy groups -OCH3 is 1. The average molecular weight is 408 g/mol. The fraction of sp³-hybridized carbons (Fsp3) is 0.143. The lowest BCUT2D eigenvalue weighted by Crippen LogP contribution is -2.30. The molecular weight excluding hydrogens is 390 g/mol. The third kappa shape index (κ3) is 3.90. The average Bonchev–Trinajstić information content (AvgIpc) is 2.99. The Kier molecular flexibility index (Phi) is 5.36. The van der Waals surface area contributed by atoms with Crippen LogP contribution in [-0.2, 0) is 11.2 Å². The van der Waals surface area contributed by atoms with Gasteiger partial charge in [-0.15, -0.1) is 0 Å². The minimum absolute atomic E-state index is 0.0847. The largest absolute Gasteiger partial charge is 0.497 e. The van der Waals surface area contributed by atoms with Crippen molar-refractivity contribution >= 4 is 51.3 Å². The van der Waals surface area contributed by atoms with Gasteiger partial charge in [0.15, 0.2) is 0 Å². The zero-order valence-electron chi connectivity index (χ0n) is 15.2. The summed E-state index contributed by atoms with van der Waals surface area (Å²) in [5.74, 6) is 0.729. The number of carbonyl (C=O) groups excluding carboxylic acids is 1. The quantitative estimate of drug-likeness (QED) is 0.469. The molecule has 0 unspecified atom stereocenters. The number of thiocarbonyl (C=S) groups is 1. The van der Waals surface area contributed by atoms with Gasteiger partial charge in [-0.2, -0.15) is 0 Å². The SMILES string of the molecule is COc1ccc(CCN2C(=O)C(=Cc3cnc4ccccc4n3)SC2=S)cc1. The molecule has 140 valence electrons. The van der Waals surface area contributed by atoms with Crippen LogP contribution >= 0.6 is 24.0 Å². The Hall–Kier alpha value is -2.77. The highest BCUT2D eigenvalue weighted by molar-refractivity contribution is 8.26. The van der Waals surface area contributed by atoms with Gasteiger partial charge in [-0.3, -0.25) is 14.7 Å². The topological polar surface area (TPSA) is 55.3 Å². The minimum Gasteiger partial charge on any atom is -0.497 e. The molecule has 1 saturated heterocycles. The van der Waals surface area contributed by atoms with Crippen LogP contribution < -0.4 is 4.74 Å². The molecule has 0 N–H and O–H groups in total. The van der Waals surface area contributed by atoms with E-state index < -0.39 is 0 Å². The van der Waals surface area contributed by atoms with Crippen molar-refractivity contribution in [2.24, 2.45) is 0 Å². The summed E-state index contributed by atoms with van der Waals surface area (Å²) in [6.45, 7) is 0.539. The Labute approximate surface area is 172 Å². The van der Waals surface area contributed by atoms with Crippen LogP contribution in [0, 0.1) is 0 Å². The van der Waals surface area contributed by atoms with Crippen molar-refractivity contribution in [1.29, 1.82) is 0 Å². The van der Waals surface area contributed by atoms with E-state index in [-0.39, 0.29) is 5.91 Å². The van der Waals surface area contributed by atoms with E-state index in [2.05, 4.69) is 9.97 Å². The van der Waals surface area contributed by atoms with Crippen LogP contribution in [0.4, 0.5) is 0 Å². The Morgan fingerprint density at radius 1 is 1.14 bits per heavy atom. The number of rotatable bonds is 5. The first kappa shape index (κ1) is 18.6. The van der Waals surface area contributed by atoms with Crippen LogP contribution in [0.3, 0.4) is 0 Å². The Bertz CT molecular complexity index is 1080. The summed E-state index contributed by atoms with van der Waals surface area (Å²) in [6.07, 6.45) is 4.15. The maximum atomic E-state index is 12.8. The third-order valence-electron chi connectivity index (χ3n) is 4.40. The number of nitrogens with zero attached hydrogens (tertiary/aromatic N) is 3. The number of aromatic nitrogens is 2. The van der Waals surface area contributed by atoms with Gasteiger partial charge in [0.05, 0.1) is 34.9 Å². The molecule has 0 atom stereocenters. The number of ether oxygens (including phenoxy) is 1. The highest BCUT2D eigenvalue weighted by Gasteiger charge is 2.31. The zero-order chi connectivity index (χ0) is 19.5. The van der Waals surface area contributed by atoms with Gasteiger partial charge >= 0.3 is 0 Å². The van der Waals surface area contributed by atoms with Crippen molar-refractivity contribution in [1.82, 2.24) is 14.9 Å². The van der Waals surface area contributed by atoms with Crippen LogP contribution in [0.15, 0.2) is 59.6 Å². The first-order valence-electron chi connectivity index (χ1n) is 8.74. The van der Waals surface area contributed by atoms with Gasteiger partial charge < -0.3 is 4.74 Å². The summed E-state index contributed by atoms with van der Waals surface area (Å²) in [7, 11) is 1.64. The molecule has 0 aliphatic carbocycles. The second-order valence-corrected chi connectivity index (χ2v) is 7.89. The molecule has 2 heterocycles. The van der Waals surface area contributed by atoms with Crippen molar-refractivity contribution in [3.63, 3.8) is 0 Å². The normalized spacial score (nSPS) is 15.6. The van der Waals surface area contributed by atoms with E-state index in [1.165, 1.54) is 11.8 Å². The fourth-order valence-corrected chi connectivity index (χ4v) is 4.19. The molecule has 3 aromatic rings. The molecule has 1 amide bonds. The van der Waals surface area contributed by atoms with E-state index in [0.717, 1.165) is 28.8 Å². The van der Waals surface area contributed by atoms with Crippen LogP contribution in [0.1, 0.15) is 11.3 Å². The third-order valence-corrected chi connectivity index (χ3v) is 5.78. The maximum Gasteiger partial charge on any atom is 0.266 e. The van der Waals surface area contributed by atoms with E-state index in [1.807, 2.05) is 48.5 Å². The monoisotopic (exact) mass is 407 g/mol. The number of para-hydroxylation sites is 2. The van der Waals surface area contributed by atoms with Gasteiger partial charge in [0.1, 0.15) is 10.1 Å². The molecule has 1 fully saturated rings. The lowest BCUT2D eigenvalue weighted by atomic mass is 10.1. The van der Waals surface area contributed by atoms with Gasteiger partial charge in [0.2, 0.25) is 0 Å². The summed E-state index contributed by atoms with van der Waals surface area (Å²) in [6, 6.07) is 15.5. The molecule has 2 aromatic carbocycles. The lowest BCUT2D eigenvalue weighted by molar-refractivity contribution is -0.122. The summed E-state index contributed by atoms with van der Waals surface area (Å²) in [5.41, 5.74) is 3.39. The molecule has 4 rings (SSSR count). The summed E-state index contributed by atoms with van der Waals surface area (Å²) < 4.78 is 5.74. The molecule has 1 aliphatic rings. The van der Waals surface area contributed by atoms with Crippen LogP contribution in [0.2, 0.25) is 0 Å². The number of hydrogen-bond donors (Lipinski definition) is 0. The fourth-order valence-electron chi connectivity index (χ4n) is 2.90. The molecule has 1 aromatic heterocycles. The highest BCUT2D eigenvalue weighted by Crippen LogP contribution is 2.32. The first-order valence-corrected chi connectivity index (χ1v) is 9.96. The number of benzene rings is 2. The van der Waals surface area contributed by atoms with Gasteiger partial charge in [-0.25, -0.2) is 4.98 Å². The van der Waals surface area contributed by atoms with Crippen LogP contribution in [-0.4, -0.2) is 38.8 Å². The Morgan fingerprint density at radius 3 is 2.64 bits per heavy atom. The van der Waals surface area contributed by atoms with Crippen molar-refractivity contribution in [2.75, 3.05) is 13.7 Å². The van der Waals surface area contributed by atoms with Crippen molar-refractivity contribution in [3.8, 4) is 5.75 Å². The first-order chi connectivity index (χ1) is 13.6. The molecule has 0 radical (unpaired) electrons. The Morgan fingerprint density at radius 2 is 1.89 bits per heavy atom.